The number of hydrogen-bond acceptors (Lipinski definition) is 1. The van der Waals surface area contributed by atoms with E-state index in [0.29, 0.717) is 11.7 Å². The molecule has 0 bridgehead atoms. The first-order valence-electron chi connectivity index (χ1n) is 7.17. The molecule has 0 aliphatic heterocycles. The third-order valence-corrected chi connectivity index (χ3v) is 4.85. The van der Waals surface area contributed by atoms with E-state index in [-0.39, 0.29) is 5.92 Å². The van der Waals surface area contributed by atoms with E-state index in [4.69, 9.17) is 0 Å². The van der Waals surface area contributed by atoms with Gasteiger partial charge in [0.1, 0.15) is 0 Å². The smallest absolute Gasteiger partial charge is 0.152 e. The number of ketones is 1. The summed E-state index contributed by atoms with van der Waals surface area (Å²) in [5.74, 6) is 0.889. The van der Waals surface area contributed by atoms with E-state index < -0.39 is 5.41 Å². The van der Waals surface area contributed by atoms with E-state index in [0.717, 1.165) is 17.5 Å². The molecule has 0 saturated heterocycles. The SMILES string of the molecule is O=C1[C@@H]2CC=C[C@@H]2C1(c1ccccc1)c1ccccc1. The fourth-order valence-corrected chi connectivity index (χ4v) is 3.97. The van der Waals surface area contributed by atoms with Crippen molar-refractivity contribution in [1.82, 2.24) is 0 Å². The fraction of sp³-hybridized carbons (Fsp3) is 0.211. The quantitative estimate of drug-likeness (QED) is 0.752. The Morgan fingerprint density at radius 3 is 1.95 bits per heavy atom. The van der Waals surface area contributed by atoms with Gasteiger partial charge >= 0.3 is 0 Å². The lowest BCUT2D eigenvalue weighted by Gasteiger charge is -2.51. The van der Waals surface area contributed by atoms with Crippen LogP contribution in [-0.2, 0) is 10.2 Å². The maximum atomic E-state index is 12.9. The number of hydrogen-bond donors (Lipinski definition) is 0. The molecule has 0 N–H and O–H groups in total. The zero-order chi connectivity index (χ0) is 13.6. The summed E-state index contributed by atoms with van der Waals surface area (Å²) in [5.41, 5.74) is 1.80. The lowest BCUT2D eigenvalue weighted by Crippen LogP contribution is -2.59. The third-order valence-electron chi connectivity index (χ3n) is 4.85. The second kappa shape index (κ2) is 4.17. The van der Waals surface area contributed by atoms with Gasteiger partial charge in [-0.05, 0) is 17.5 Å². The lowest BCUT2D eigenvalue weighted by atomic mass is 9.48. The molecule has 0 amide bonds. The van der Waals surface area contributed by atoms with E-state index in [1.165, 1.54) is 0 Å². The minimum atomic E-state index is -0.458. The molecule has 20 heavy (non-hydrogen) atoms. The van der Waals surface area contributed by atoms with Gasteiger partial charge in [-0.25, -0.2) is 0 Å². The van der Waals surface area contributed by atoms with Crippen LogP contribution in [0.1, 0.15) is 17.5 Å². The Balaban J connectivity index is 1.95. The molecule has 98 valence electrons. The van der Waals surface area contributed by atoms with Crippen molar-refractivity contribution in [2.45, 2.75) is 11.8 Å². The Bertz CT molecular complexity index is 630. The number of fused-ring (bicyclic) bond motifs is 1. The predicted molar refractivity (Wildman–Crippen MR) is 79.4 cm³/mol. The first kappa shape index (κ1) is 11.7. The molecule has 2 aromatic carbocycles. The van der Waals surface area contributed by atoms with E-state index in [1.54, 1.807) is 0 Å². The molecule has 0 spiro atoms. The third kappa shape index (κ3) is 1.30. The van der Waals surface area contributed by atoms with Crippen LogP contribution in [0.2, 0.25) is 0 Å². The molecule has 0 radical (unpaired) electrons. The molecule has 2 aliphatic rings. The van der Waals surface area contributed by atoms with Crippen LogP contribution in [0.3, 0.4) is 0 Å². The molecule has 2 aromatic rings. The fourth-order valence-electron chi connectivity index (χ4n) is 3.97. The molecule has 1 saturated carbocycles. The highest BCUT2D eigenvalue weighted by atomic mass is 16.1. The highest BCUT2D eigenvalue weighted by Gasteiger charge is 2.63. The Hall–Kier alpha value is -2.15. The van der Waals surface area contributed by atoms with E-state index in [9.17, 15) is 4.79 Å². The van der Waals surface area contributed by atoms with Gasteiger partial charge in [0.15, 0.2) is 5.78 Å². The molecule has 2 atom stereocenters. The average molecular weight is 260 g/mol. The monoisotopic (exact) mass is 260 g/mol. The van der Waals surface area contributed by atoms with Gasteiger partial charge in [0.25, 0.3) is 0 Å². The minimum absolute atomic E-state index is 0.190. The Morgan fingerprint density at radius 1 is 0.850 bits per heavy atom. The van der Waals surface area contributed by atoms with E-state index >= 15 is 0 Å². The number of benzene rings is 2. The van der Waals surface area contributed by atoms with Crippen molar-refractivity contribution in [3.8, 4) is 0 Å². The zero-order valence-corrected chi connectivity index (χ0v) is 11.2. The Kier molecular flexibility index (Phi) is 2.43. The number of allylic oxidation sites excluding steroid dienone is 2. The van der Waals surface area contributed by atoms with Crippen molar-refractivity contribution in [2.75, 3.05) is 0 Å². The highest BCUT2D eigenvalue weighted by Crippen LogP contribution is 2.57. The molecule has 1 heteroatoms. The molecule has 0 heterocycles. The van der Waals surface area contributed by atoms with Crippen LogP contribution < -0.4 is 0 Å². The summed E-state index contributed by atoms with van der Waals surface area (Å²) in [5, 5.41) is 0. The summed E-state index contributed by atoms with van der Waals surface area (Å²) < 4.78 is 0. The summed E-state index contributed by atoms with van der Waals surface area (Å²) in [6.45, 7) is 0. The lowest BCUT2D eigenvalue weighted by molar-refractivity contribution is -0.140. The van der Waals surface area contributed by atoms with Gasteiger partial charge in [0, 0.05) is 11.8 Å². The molecule has 2 aliphatic carbocycles. The molecule has 0 aromatic heterocycles. The number of Topliss-reactive ketones (excluding diaryl/α,β-unsaturated/α-hetero) is 1. The van der Waals surface area contributed by atoms with Crippen LogP contribution in [0.15, 0.2) is 72.8 Å². The van der Waals surface area contributed by atoms with Crippen LogP contribution in [-0.4, -0.2) is 5.78 Å². The first-order chi connectivity index (χ1) is 9.85. The summed E-state index contributed by atoms with van der Waals surface area (Å²) >= 11 is 0. The first-order valence-corrected chi connectivity index (χ1v) is 7.17. The van der Waals surface area contributed by atoms with Crippen molar-refractivity contribution >= 4 is 5.78 Å². The normalized spacial score (nSPS) is 26.1. The molecular weight excluding hydrogens is 244 g/mol. The molecule has 0 unspecified atom stereocenters. The summed E-state index contributed by atoms with van der Waals surface area (Å²) in [7, 11) is 0. The van der Waals surface area contributed by atoms with Crippen molar-refractivity contribution in [3.63, 3.8) is 0 Å². The van der Waals surface area contributed by atoms with Gasteiger partial charge in [-0.3, -0.25) is 4.79 Å². The maximum Gasteiger partial charge on any atom is 0.152 e. The van der Waals surface area contributed by atoms with E-state index in [2.05, 4.69) is 36.4 Å². The van der Waals surface area contributed by atoms with Gasteiger partial charge in [-0.2, -0.15) is 0 Å². The van der Waals surface area contributed by atoms with Crippen LogP contribution in [0.5, 0.6) is 0 Å². The maximum absolute atomic E-state index is 12.9. The summed E-state index contributed by atoms with van der Waals surface area (Å²) in [6, 6.07) is 20.5. The largest absolute Gasteiger partial charge is 0.298 e. The Labute approximate surface area is 119 Å². The van der Waals surface area contributed by atoms with Crippen molar-refractivity contribution in [3.05, 3.63) is 83.9 Å². The predicted octanol–water partition coefficient (Wildman–Crippen LogP) is 3.75. The van der Waals surface area contributed by atoms with Crippen molar-refractivity contribution < 1.29 is 4.79 Å². The molecule has 1 nitrogen and oxygen atoms in total. The number of rotatable bonds is 2. The molecule has 4 rings (SSSR count). The minimum Gasteiger partial charge on any atom is -0.298 e. The molecule has 1 fully saturated rings. The average Bonchev–Trinajstić information content (AvgIpc) is 2.95. The van der Waals surface area contributed by atoms with Crippen LogP contribution >= 0.6 is 0 Å². The van der Waals surface area contributed by atoms with E-state index in [1.807, 2.05) is 36.4 Å². The van der Waals surface area contributed by atoms with Crippen molar-refractivity contribution in [1.29, 1.82) is 0 Å². The summed E-state index contributed by atoms with van der Waals surface area (Å²) in [6.07, 6.45) is 5.32. The van der Waals surface area contributed by atoms with Gasteiger partial charge in [0.05, 0.1) is 5.41 Å². The second-order valence-electron chi connectivity index (χ2n) is 5.70. The number of carbonyl (C=O) groups is 1. The topological polar surface area (TPSA) is 17.1 Å². The van der Waals surface area contributed by atoms with Gasteiger partial charge in [0.2, 0.25) is 0 Å². The molecular formula is C19H16O. The van der Waals surface area contributed by atoms with Gasteiger partial charge < -0.3 is 0 Å². The number of carbonyl (C=O) groups excluding carboxylic acids is 1. The zero-order valence-electron chi connectivity index (χ0n) is 11.2. The standard InChI is InChI=1S/C19H16O/c20-18-16-12-7-13-17(16)19(18,14-8-3-1-4-9-14)15-10-5-2-6-11-15/h1-11,13,16-17H,12H2/t16-,17+/m1/s1. The van der Waals surface area contributed by atoms with Crippen molar-refractivity contribution in [2.24, 2.45) is 11.8 Å². The summed E-state index contributed by atoms with van der Waals surface area (Å²) in [4.78, 5) is 12.9. The second-order valence-corrected chi connectivity index (χ2v) is 5.70. The highest BCUT2D eigenvalue weighted by molar-refractivity contribution is 6.03. The van der Waals surface area contributed by atoms with Crippen LogP contribution in [0.4, 0.5) is 0 Å². The van der Waals surface area contributed by atoms with Gasteiger partial charge in [-0.15, -0.1) is 0 Å². The van der Waals surface area contributed by atoms with Gasteiger partial charge in [-0.1, -0.05) is 72.8 Å². The van der Waals surface area contributed by atoms with Crippen LogP contribution in [0, 0.1) is 11.8 Å². The Morgan fingerprint density at radius 2 is 1.40 bits per heavy atom. The van der Waals surface area contributed by atoms with Crippen LogP contribution in [0.25, 0.3) is 0 Å².